The second-order valence-corrected chi connectivity index (χ2v) is 6.47. The normalized spacial score (nSPS) is 15.0. The number of carbonyl (C=O) groups excluding carboxylic acids is 1. The molecule has 1 aliphatic rings. The van der Waals surface area contributed by atoms with Gasteiger partial charge in [-0.2, -0.15) is 0 Å². The Kier molecular flexibility index (Phi) is 4.52. The Hall–Kier alpha value is -2.77. The summed E-state index contributed by atoms with van der Waals surface area (Å²) in [5, 5.41) is 5.47. The topological polar surface area (TPSA) is 109 Å². The van der Waals surface area contributed by atoms with Gasteiger partial charge in [0.2, 0.25) is 0 Å². The van der Waals surface area contributed by atoms with E-state index in [0.717, 1.165) is 29.9 Å². The van der Waals surface area contributed by atoms with Gasteiger partial charge in [-0.05, 0) is 39.7 Å². The van der Waals surface area contributed by atoms with Crippen LogP contribution in [0.2, 0.25) is 0 Å². The monoisotopic (exact) mass is 346 g/mol. The molecule has 2 amide bonds. The van der Waals surface area contributed by atoms with Crippen molar-refractivity contribution in [2.45, 2.75) is 52.2 Å². The maximum absolute atomic E-state index is 12.1. The predicted molar refractivity (Wildman–Crippen MR) is 91.6 cm³/mol. The maximum Gasteiger partial charge on any atom is 0.328 e. The van der Waals surface area contributed by atoms with E-state index in [9.17, 15) is 14.4 Å². The number of furan rings is 1. The van der Waals surface area contributed by atoms with Gasteiger partial charge in [0.05, 0.1) is 18.2 Å². The Bertz CT molecular complexity index is 904. The zero-order valence-electron chi connectivity index (χ0n) is 14.5. The highest BCUT2D eigenvalue weighted by Crippen LogP contribution is 2.32. The summed E-state index contributed by atoms with van der Waals surface area (Å²) in [5.41, 5.74) is 0.383. The van der Waals surface area contributed by atoms with Crippen LogP contribution in [0.3, 0.4) is 0 Å². The highest BCUT2D eigenvalue weighted by atomic mass is 16.3. The molecule has 134 valence electrons. The number of aryl methyl sites for hydroxylation is 2. The molecule has 8 heteroatoms. The quantitative estimate of drug-likeness (QED) is 0.764. The molecule has 0 aromatic carbocycles. The van der Waals surface area contributed by atoms with Gasteiger partial charge in [-0.3, -0.25) is 14.3 Å². The van der Waals surface area contributed by atoms with Crippen LogP contribution in [0.4, 0.5) is 4.79 Å². The van der Waals surface area contributed by atoms with Crippen LogP contribution in [0.1, 0.15) is 54.5 Å². The molecule has 0 radical (unpaired) electrons. The summed E-state index contributed by atoms with van der Waals surface area (Å²) >= 11 is 0. The van der Waals surface area contributed by atoms with Crippen molar-refractivity contribution >= 4 is 6.03 Å². The second kappa shape index (κ2) is 6.62. The molecule has 8 nitrogen and oxygen atoms in total. The fourth-order valence-corrected chi connectivity index (χ4v) is 2.86. The Morgan fingerprint density at radius 3 is 2.72 bits per heavy atom. The number of nitrogens with zero attached hydrogens (tertiary/aromatic N) is 1. The van der Waals surface area contributed by atoms with Crippen molar-refractivity contribution in [3.05, 3.63) is 55.7 Å². The summed E-state index contributed by atoms with van der Waals surface area (Å²) in [4.78, 5) is 38.0. The fourth-order valence-electron chi connectivity index (χ4n) is 2.86. The van der Waals surface area contributed by atoms with Crippen molar-refractivity contribution in [1.82, 2.24) is 20.2 Å². The van der Waals surface area contributed by atoms with Crippen LogP contribution in [0, 0.1) is 13.8 Å². The van der Waals surface area contributed by atoms with Crippen molar-refractivity contribution in [2.75, 3.05) is 0 Å². The molecule has 2 aromatic heterocycles. The molecule has 1 saturated carbocycles. The molecule has 0 aliphatic heterocycles. The molecule has 1 atom stereocenters. The smallest absolute Gasteiger partial charge is 0.328 e. The number of urea groups is 1. The molecule has 0 saturated heterocycles. The molecule has 1 unspecified atom stereocenters. The number of hydrogen-bond acceptors (Lipinski definition) is 4. The van der Waals surface area contributed by atoms with Gasteiger partial charge in [-0.1, -0.05) is 0 Å². The van der Waals surface area contributed by atoms with Crippen LogP contribution < -0.4 is 21.9 Å². The van der Waals surface area contributed by atoms with Crippen molar-refractivity contribution in [3.8, 4) is 0 Å². The van der Waals surface area contributed by atoms with E-state index >= 15 is 0 Å². The lowest BCUT2D eigenvalue weighted by molar-refractivity contribution is 0.237. The van der Waals surface area contributed by atoms with Crippen molar-refractivity contribution in [3.63, 3.8) is 0 Å². The predicted octanol–water partition coefficient (Wildman–Crippen LogP) is 1.64. The number of aromatic nitrogens is 2. The number of H-pyrrole nitrogens is 1. The Morgan fingerprint density at radius 2 is 2.12 bits per heavy atom. The van der Waals surface area contributed by atoms with E-state index in [1.807, 2.05) is 26.8 Å². The first-order valence-electron chi connectivity index (χ1n) is 8.30. The van der Waals surface area contributed by atoms with Crippen LogP contribution in [0.15, 0.2) is 26.3 Å². The van der Waals surface area contributed by atoms with Gasteiger partial charge in [0.25, 0.3) is 5.56 Å². The summed E-state index contributed by atoms with van der Waals surface area (Å²) in [7, 11) is 0. The molecule has 1 fully saturated rings. The van der Waals surface area contributed by atoms with Crippen molar-refractivity contribution in [1.29, 1.82) is 0 Å². The van der Waals surface area contributed by atoms with E-state index in [4.69, 9.17) is 4.42 Å². The molecule has 3 N–H and O–H groups in total. The second-order valence-electron chi connectivity index (χ2n) is 6.47. The highest BCUT2D eigenvalue weighted by Gasteiger charge is 2.25. The first kappa shape index (κ1) is 17.1. The summed E-state index contributed by atoms with van der Waals surface area (Å²) in [6, 6.07) is 1.42. The standard InChI is InChI=1S/C17H22N4O4/c1-9-6-14(11(3)25-9)10(2)19-16(23)18-7-12-8-21(13-4-5-13)17(24)20-15(12)22/h6,8,10,13H,4-5,7H2,1-3H3,(H2,18,19,23)(H,20,22,24). The number of aromatic amines is 1. The lowest BCUT2D eigenvalue weighted by atomic mass is 10.1. The minimum atomic E-state index is -0.475. The van der Waals surface area contributed by atoms with E-state index in [1.165, 1.54) is 10.8 Å². The number of carbonyl (C=O) groups is 1. The minimum absolute atomic E-state index is 0.0459. The molecule has 3 rings (SSSR count). The third kappa shape index (κ3) is 3.84. The molecular formula is C17H22N4O4. The van der Waals surface area contributed by atoms with E-state index in [1.54, 1.807) is 0 Å². The summed E-state index contributed by atoms with van der Waals surface area (Å²) in [6.07, 6.45) is 3.40. The Morgan fingerprint density at radius 1 is 1.40 bits per heavy atom. The molecule has 2 heterocycles. The number of amides is 2. The van der Waals surface area contributed by atoms with Crippen LogP contribution in [0.5, 0.6) is 0 Å². The molecule has 0 bridgehead atoms. The van der Waals surface area contributed by atoms with Gasteiger partial charge in [0, 0.05) is 17.8 Å². The van der Waals surface area contributed by atoms with Crippen molar-refractivity contribution < 1.29 is 9.21 Å². The lowest BCUT2D eigenvalue weighted by Crippen LogP contribution is -2.39. The highest BCUT2D eigenvalue weighted by molar-refractivity contribution is 5.74. The van der Waals surface area contributed by atoms with Gasteiger partial charge < -0.3 is 15.1 Å². The van der Waals surface area contributed by atoms with Gasteiger partial charge in [0.1, 0.15) is 11.5 Å². The Labute approximate surface area is 144 Å². The first-order chi connectivity index (χ1) is 11.8. The van der Waals surface area contributed by atoms with Gasteiger partial charge in [0.15, 0.2) is 0 Å². The van der Waals surface area contributed by atoms with E-state index in [2.05, 4.69) is 15.6 Å². The Balaban J connectivity index is 1.62. The lowest BCUT2D eigenvalue weighted by Gasteiger charge is -2.14. The minimum Gasteiger partial charge on any atom is -0.466 e. The zero-order valence-corrected chi connectivity index (χ0v) is 14.5. The third-order valence-corrected chi connectivity index (χ3v) is 4.31. The summed E-state index contributed by atoms with van der Waals surface area (Å²) < 4.78 is 6.99. The van der Waals surface area contributed by atoms with E-state index < -0.39 is 17.3 Å². The third-order valence-electron chi connectivity index (χ3n) is 4.31. The number of rotatable bonds is 5. The first-order valence-corrected chi connectivity index (χ1v) is 8.30. The molecular weight excluding hydrogens is 324 g/mol. The number of hydrogen-bond donors (Lipinski definition) is 3. The number of nitrogens with one attached hydrogen (secondary N) is 3. The van der Waals surface area contributed by atoms with Crippen LogP contribution in [-0.4, -0.2) is 15.6 Å². The zero-order chi connectivity index (χ0) is 18.1. The average Bonchev–Trinajstić information content (AvgIpc) is 3.30. The molecule has 25 heavy (non-hydrogen) atoms. The molecule has 1 aliphatic carbocycles. The van der Waals surface area contributed by atoms with Gasteiger partial charge in [-0.25, -0.2) is 9.59 Å². The van der Waals surface area contributed by atoms with Gasteiger partial charge >= 0.3 is 11.7 Å². The molecule has 2 aromatic rings. The van der Waals surface area contributed by atoms with Crippen LogP contribution in [0.25, 0.3) is 0 Å². The van der Waals surface area contributed by atoms with Crippen molar-refractivity contribution in [2.24, 2.45) is 0 Å². The molecule has 0 spiro atoms. The largest absolute Gasteiger partial charge is 0.466 e. The maximum atomic E-state index is 12.1. The summed E-state index contributed by atoms with van der Waals surface area (Å²) in [6.45, 7) is 5.60. The van der Waals surface area contributed by atoms with Gasteiger partial charge in [-0.15, -0.1) is 0 Å². The fraction of sp³-hybridized carbons (Fsp3) is 0.471. The van der Waals surface area contributed by atoms with E-state index in [-0.39, 0.29) is 18.6 Å². The van der Waals surface area contributed by atoms with E-state index in [0.29, 0.717) is 5.56 Å². The van der Waals surface area contributed by atoms with Crippen LogP contribution in [-0.2, 0) is 6.54 Å². The van der Waals surface area contributed by atoms with Crippen LogP contribution >= 0.6 is 0 Å². The summed E-state index contributed by atoms with van der Waals surface area (Å²) in [5.74, 6) is 1.55. The average molecular weight is 346 g/mol. The SMILES string of the molecule is Cc1cc(C(C)NC(=O)NCc2cn(C3CC3)c(=O)[nH]c2=O)c(C)o1.